The van der Waals surface area contributed by atoms with Crippen molar-refractivity contribution in [3.05, 3.63) is 29.3 Å². The summed E-state index contributed by atoms with van der Waals surface area (Å²) in [6.07, 6.45) is 3.59. The molecule has 2 N–H and O–H groups in total. The lowest BCUT2D eigenvalue weighted by molar-refractivity contribution is 0.561. The largest absolute Gasteiger partial charge is 0.324 e. The van der Waals surface area contributed by atoms with E-state index in [1.54, 1.807) is 6.07 Å². The molecule has 0 spiro atoms. The molecule has 1 heterocycles. The van der Waals surface area contributed by atoms with Crippen LogP contribution in [0.5, 0.6) is 0 Å². The second-order valence-corrected chi connectivity index (χ2v) is 4.09. The van der Waals surface area contributed by atoms with E-state index in [0.29, 0.717) is 0 Å². The molecule has 3 heteroatoms. The number of pyridine rings is 1. The van der Waals surface area contributed by atoms with Crippen LogP contribution in [0, 0.1) is 18.8 Å². The van der Waals surface area contributed by atoms with E-state index in [9.17, 15) is 4.39 Å². The zero-order chi connectivity index (χ0) is 10.1. The predicted molar refractivity (Wildman–Crippen MR) is 53.2 cm³/mol. The first kappa shape index (κ1) is 9.59. The van der Waals surface area contributed by atoms with Gasteiger partial charge in [-0.25, -0.2) is 4.98 Å². The minimum Gasteiger partial charge on any atom is -0.324 e. The number of nitrogens with zero attached hydrogens (tertiary/aromatic N) is 1. The molecule has 1 saturated carbocycles. The molecule has 2 nitrogen and oxygen atoms in total. The first-order valence-electron chi connectivity index (χ1n) is 5.05. The van der Waals surface area contributed by atoms with Crippen molar-refractivity contribution in [1.29, 1.82) is 0 Å². The monoisotopic (exact) mass is 194 g/mol. The van der Waals surface area contributed by atoms with Crippen LogP contribution in [0.25, 0.3) is 0 Å². The molecule has 1 aromatic rings. The maximum Gasteiger partial charge on any atom is 0.213 e. The molecule has 0 bridgehead atoms. The average Bonchev–Trinajstić information content (AvgIpc) is 2.87. The van der Waals surface area contributed by atoms with Gasteiger partial charge in [0.2, 0.25) is 5.95 Å². The second-order valence-electron chi connectivity index (χ2n) is 4.09. The van der Waals surface area contributed by atoms with Crippen LogP contribution in [0.1, 0.15) is 36.6 Å². The fourth-order valence-electron chi connectivity index (χ4n) is 1.77. The van der Waals surface area contributed by atoms with E-state index in [-0.39, 0.29) is 6.04 Å². The molecule has 0 saturated heterocycles. The molecule has 0 aromatic carbocycles. The number of aromatic nitrogens is 1. The van der Waals surface area contributed by atoms with Crippen LogP contribution < -0.4 is 5.73 Å². The fraction of sp³-hybridized carbons (Fsp3) is 0.545. The Labute approximate surface area is 83.3 Å². The zero-order valence-electron chi connectivity index (χ0n) is 8.33. The first-order valence-corrected chi connectivity index (χ1v) is 5.05. The highest BCUT2D eigenvalue weighted by molar-refractivity contribution is 5.22. The summed E-state index contributed by atoms with van der Waals surface area (Å²) in [4.78, 5) is 3.78. The van der Waals surface area contributed by atoms with Gasteiger partial charge in [-0.05, 0) is 30.9 Å². The normalized spacial score (nSPS) is 18.2. The molecule has 0 unspecified atom stereocenters. The Bertz CT molecular complexity index is 334. The number of rotatable bonds is 3. The second kappa shape index (κ2) is 3.65. The lowest BCUT2D eigenvalue weighted by atomic mass is 10.0. The summed E-state index contributed by atoms with van der Waals surface area (Å²) in [6, 6.07) is 3.16. The van der Waals surface area contributed by atoms with Crippen molar-refractivity contribution in [2.24, 2.45) is 11.7 Å². The Kier molecular flexibility index (Phi) is 2.50. The maximum atomic E-state index is 12.7. The lowest BCUT2D eigenvalue weighted by Crippen LogP contribution is -2.13. The Morgan fingerprint density at radius 3 is 2.86 bits per heavy atom. The van der Waals surface area contributed by atoms with Crippen LogP contribution in [-0.2, 0) is 0 Å². The molecule has 1 atom stereocenters. The van der Waals surface area contributed by atoms with Gasteiger partial charge in [-0.1, -0.05) is 18.9 Å². The third-order valence-corrected chi connectivity index (χ3v) is 2.78. The Morgan fingerprint density at radius 1 is 1.57 bits per heavy atom. The molecule has 0 aliphatic heterocycles. The molecular weight excluding hydrogens is 179 g/mol. The number of hydrogen-bond donors (Lipinski definition) is 1. The number of nitrogens with two attached hydrogens (primary N) is 1. The zero-order valence-corrected chi connectivity index (χ0v) is 8.33. The van der Waals surface area contributed by atoms with Gasteiger partial charge < -0.3 is 5.73 Å². The maximum absolute atomic E-state index is 12.7. The van der Waals surface area contributed by atoms with Crippen molar-refractivity contribution in [2.75, 3.05) is 0 Å². The van der Waals surface area contributed by atoms with E-state index in [2.05, 4.69) is 4.98 Å². The molecular formula is C11H15FN2. The third kappa shape index (κ3) is 2.10. The van der Waals surface area contributed by atoms with Crippen LogP contribution in [0.2, 0.25) is 0 Å². The highest BCUT2D eigenvalue weighted by Gasteiger charge is 2.25. The van der Waals surface area contributed by atoms with E-state index in [1.165, 1.54) is 18.9 Å². The van der Waals surface area contributed by atoms with Gasteiger partial charge in [0.05, 0.1) is 0 Å². The van der Waals surface area contributed by atoms with Crippen molar-refractivity contribution < 1.29 is 4.39 Å². The van der Waals surface area contributed by atoms with Gasteiger partial charge in [-0.15, -0.1) is 0 Å². The topological polar surface area (TPSA) is 38.9 Å². The molecule has 1 aliphatic rings. The van der Waals surface area contributed by atoms with Gasteiger partial charge >= 0.3 is 0 Å². The highest BCUT2D eigenvalue weighted by atomic mass is 19.1. The quantitative estimate of drug-likeness (QED) is 0.750. The fourth-order valence-corrected chi connectivity index (χ4v) is 1.77. The smallest absolute Gasteiger partial charge is 0.213 e. The van der Waals surface area contributed by atoms with E-state index in [1.807, 2.05) is 6.92 Å². The van der Waals surface area contributed by atoms with Gasteiger partial charge in [-0.3, -0.25) is 0 Å². The summed E-state index contributed by atoms with van der Waals surface area (Å²) in [7, 11) is 0. The Morgan fingerprint density at radius 2 is 2.29 bits per heavy atom. The van der Waals surface area contributed by atoms with Gasteiger partial charge in [0.1, 0.15) is 0 Å². The van der Waals surface area contributed by atoms with Crippen molar-refractivity contribution in [1.82, 2.24) is 4.98 Å². The van der Waals surface area contributed by atoms with Crippen molar-refractivity contribution in [3.8, 4) is 0 Å². The van der Waals surface area contributed by atoms with Crippen LogP contribution in [-0.4, -0.2) is 4.98 Å². The molecule has 2 rings (SSSR count). The van der Waals surface area contributed by atoms with Crippen molar-refractivity contribution in [3.63, 3.8) is 0 Å². The summed E-state index contributed by atoms with van der Waals surface area (Å²) in [6.45, 7) is 1.81. The van der Waals surface area contributed by atoms with Crippen molar-refractivity contribution >= 4 is 0 Å². The highest BCUT2D eigenvalue weighted by Crippen LogP contribution is 2.37. The number of aryl methyl sites for hydroxylation is 1. The molecule has 1 aromatic heterocycles. The lowest BCUT2D eigenvalue weighted by Gasteiger charge is -2.13. The van der Waals surface area contributed by atoms with Crippen LogP contribution >= 0.6 is 0 Å². The van der Waals surface area contributed by atoms with Gasteiger partial charge in [0.25, 0.3) is 0 Å². The van der Waals surface area contributed by atoms with Gasteiger partial charge in [-0.2, -0.15) is 4.39 Å². The van der Waals surface area contributed by atoms with Crippen LogP contribution in [0.15, 0.2) is 12.1 Å². The standard InChI is InChI=1S/C11H15FN2/c1-7-9(4-5-11(12)14-7)10(13)6-8-2-3-8/h4-5,8,10H,2-3,6,13H2,1H3/t10-/m0/s1. The first-order chi connectivity index (χ1) is 6.66. The SMILES string of the molecule is Cc1nc(F)ccc1[C@@H](N)CC1CC1. The molecule has 0 amide bonds. The van der Waals surface area contributed by atoms with Gasteiger partial charge in [0.15, 0.2) is 0 Å². The van der Waals surface area contributed by atoms with E-state index >= 15 is 0 Å². The Balaban J connectivity index is 2.13. The summed E-state index contributed by atoms with van der Waals surface area (Å²) in [5.74, 6) is 0.360. The Hall–Kier alpha value is -0.960. The summed E-state index contributed by atoms with van der Waals surface area (Å²) < 4.78 is 12.7. The van der Waals surface area contributed by atoms with Crippen LogP contribution in [0.4, 0.5) is 4.39 Å². The minimum absolute atomic E-state index is 0.0237. The summed E-state index contributed by atoms with van der Waals surface area (Å²) in [5, 5.41) is 0. The van der Waals surface area contributed by atoms with E-state index in [4.69, 9.17) is 5.73 Å². The summed E-state index contributed by atoms with van der Waals surface area (Å²) >= 11 is 0. The van der Waals surface area contributed by atoms with Crippen LogP contribution in [0.3, 0.4) is 0 Å². The molecule has 14 heavy (non-hydrogen) atoms. The minimum atomic E-state index is -0.426. The molecule has 1 fully saturated rings. The van der Waals surface area contributed by atoms with Crippen molar-refractivity contribution in [2.45, 2.75) is 32.2 Å². The van der Waals surface area contributed by atoms with E-state index in [0.717, 1.165) is 23.6 Å². The van der Waals surface area contributed by atoms with Gasteiger partial charge in [0, 0.05) is 11.7 Å². The average molecular weight is 194 g/mol. The molecule has 0 radical (unpaired) electrons. The third-order valence-electron chi connectivity index (χ3n) is 2.78. The summed E-state index contributed by atoms with van der Waals surface area (Å²) in [5.41, 5.74) is 7.73. The predicted octanol–water partition coefficient (Wildman–Crippen LogP) is 2.33. The molecule has 1 aliphatic carbocycles. The van der Waals surface area contributed by atoms with E-state index < -0.39 is 5.95 Å². The number of hydrogen-bond acceptors (Lipinski definition) is 2. The number of halogens is 1. The molecule has 76 valence electrons.